The van der Waals surface area contributed by atoms with Gasteiger partial charge in [-0.3, -0.25) is 10.1 Å². The second-order valence-electron chi connectivity index (χ2n) is 8.07. The van der Waals surface area contributed by atoms with E-state index in [1.807, 2.05) is 36.4 Å². The number of hydrogen-bond acceptors (Lipinski definition) is 4. The second kappa shape index (κ2) is 7.74. The molecule has 7 heteroatoms. The minimum atomic E-state index is -0.487. The van der Waals surface area contributed by atoms with Crippen LogP contribution in [0.2, 0.25) is 0 Å². The summed E-state index contributed by atoms with van der Waals surface area (Å²) < 4.78 is 7.30. The average molecular weight is 406 g/mol. The molecule has 1 aliphatic carbocycles. The van der Waals surface area contributed by atoms with Gasteiger partial charge in [-0.2, -0.15) is 0 Å². The molecule has 2 aromatic carbocycles. The van der Waals surface area contributed by atoms with Crippen LogP contribution in [0.4, 0.5) is 16.2 Å². The summed E-state index contributed by atoms with van der Waals surface area (Å²) >= 11 is 0. The van der Waals surface area contributed by atoms with Crippen LogP contribution in [0.5, 0.6) is 0 Å². The summed E-state index contributed by atoms with van der Waals surface area (Å²) in [5.74, 6) is 0.155. The van der Waals surface area contributed by atoms with E-state index in [0.717, 1.165) is 28.7 Å². The molecule has 30 heavy (non-hydrogen) atoms. The highest BCUT2D eigenvalue weighted by atomic mass is 16.6. The summed E-state index contributed by atoms with van der Waals surface area (Å²) in [7, 11) is 0. The van der Waals surface area contributed by atoms with Crippen LogP contribution in [-0.2, 0) is 11.3 Å². The molecule has 1 heterocycles. The first-order valence-corrected chi connectivity index (χ1v) is 10.1. The molecule has 0 unspecified atom stereocenters. The molecule has 2 amide bonds. The van der Waals surface area contributed by atoms with E-state index < -0.39 is 12.0 Å². The summed E-state index contributed by atoms with van der Waals surface area (Å²) in [5, 5.41) is 3.62. The maximum atomic E-state index is 11.8. The third-order valence-electron chi connectivity index (χ3n) is 5.27. The van der Waals surface area contributed by atoms with Crippen LogP contribution in [0.25, 0.3) is 22.2 Å². The second-order valence-corrected chi connectivity index (χ2v) is 8.07. The number of carbonyl (C=O) groups excluding carboxylic acids is 2. The molecular weight excluding hydrogens is 380 g/mol. The molecule has 0 saturated heterocycles. The SMILES string of the molecule is CC(C)OC(=O)Nc1ccc(-c2c(N)c3ccc(C(N)=O)cc3n2CC2CC2)cc1. The minimum absolute atomic E-state index is 0.188. The van der Waals surface area contributed by atoms with Crippen molar-refractivity contribution in [1.29, 1.82) is 0 Å². The summed E-state index contributed by atoms with van der Waals surface area (Å²) in [6.07, 6.45) is 1.71. The standard InChI is InChI=1S/C23H26N4O3/c1-13(2)30-23(29)26-17-8-5-15(6-9-17)21-20(24)18-10-7-16(22(25)28)11-19(18)27(21)12-14-3-4-14/h5-11,13-14H,3-4,12,24H2,1-2H3,(H2,25,28)(H,26,29). The number of hydrogen-bond donors (Lipinski definition) is 3. The van der Waals surface area contributed by atoms with E-state index in [9.17, 15) is 9.59 Å². The van der Waals surface area contributed by atoms with Gasteiger partial charge in [0.1, 0.15) is 0 Å². The van der Waals surface area contributed by atoms with Crippen LogP contribution in [-0.4, -0.2) is 22.7 Å². The molecule has 0 spiro atoms. The Morgan fingerprint density at radius 2 is 1.87 bits per heavy atom. The van der Waals surface area contributed by atoms with Gasteiger partial charge in [-0.25, -0.2) is 4.79 Å². The number of nitrogens with one attached hydrogen (secondary N) is 1. The van der Waals surface area contributed by atoms with E-state index in [4.69, 9.17) is 16.2 Å². The molecule has 1 saturated carbocycles. The predicted molar refractivity (Wildman–Crippen MR) is 118 cm³/mol. The zero-order valence-corrected chi connectivity index (χ0v) is 17.1. The Kier molecular flexibility index (Phi) is 5.11. The molecule has 5 N–H and O–H groups in total. The zero-order chi connectivity index (χ0) is 21.4. The van der Waals surface area contributed by atoms with Gasteiger partial charge in [0.2, 0.25) is 5.91 Å². The first-order chi connectivity index (χ1) is 14.3. The van der Waals surface area contributed by atoms with E-state index >= 15 is 0 Å². The number of aromatic nitrogens is 1. The van der Waals surface area contributed by atoms with Gasteiger partial charge in [-0.15, -0.1) is 0 Å². The largest absolute Gasteiger partial charge is 0.447 e. The van der Waals surface area contributed by atoms with E-state index in [-0.39, 0.29) is 6.10 Å². The van der Waals surface area contributed by atoms with Crippen LogP contribution in [0.1, 0.15) is 37.0 Å². The van der Waals surface area contributed by atoms with Crippen LogP contribution >= 0.6 is 0 Å². The van der Waals surface area contributed by atoms with Gasteiger partial charge in [0.25, 0.3) is 0 Å². The summed E-state index contributed by atoms with van der Waals surface area (Å²) in [6.45, 7) is 4.44. The van der Waals surface area contributed by atoms with E-state index in [2.05, 4.69) is 9.88 Å². The first kappa shape index (κ1) is 19.8. The number of fused-ring (bicyclic) bond motifs is 1. The minimum Gasteiger partial charge on any atom is -0.447 e. The lowest BCUT2D eigenvalue weighted by Crippen LogP contribution is -2.17. The number of nitrogens with two attached hydrogens (primary N) is 2. The van der Waals surface area contributed by atoms with Crippen molar-refractivity contribution in [1.82, 2.24) is 4.57 Å². The molecule has 0 aliphatic heterocycles. The predicted octanol–water partition coefficient (Wildman–Crippen LogP) is 4.36. The highest BCUT2D eigenvalue weighted by Gasteiger charge is 2.26. The van der Waals surface area contributed by atoms with Crippen LogP contribution in [0.3, 0.4) is 0 Å². The third-order valence-corrected chi connectivity index (χ3v) is 5.27. The van der Waals surface area contributed by atoms with Gasteiger partial charge >= 0.3 is 6.09 Å². The zero-order valence-electron chi connectivity index (χ0n) is 17.1. The quantitative estimate of drug-likeness (QED) is 0.564. The Bertz CT molecular complexity index is 1110. The maximum Gasteiger partial charge on any atom is 0.411 e. The fraction of sp³-hybridized carbons (Fsp3) is 0.304. The van der Waals surface area contributed by atoms with Gasteiger partial charge < -0.3 is 20.8 Å². The number of ether oxygens (including phenoxy) is 1. The fourth-order valence-corrected chi connectivity index (χ4v) is 3.66. The van der Waals surface area contributed by atoms with Crippen LogP contribution in [0, 0.1) is 5.92 Å². The van der Waals surface area contributed by atoms with E-state index in [1.54, 1.807) is 19.9 Å². The van der Waals surface area contributed by atoms with Crippen molar-refractivity contribution >= 4 is 34.3 Å². The van der Waals surface area contributed by atoms with Gasteiger partial charge in [0, 0.05) is 28.7 Å². The molecule has 1 aromatic heterocycles. The number of nitrogens with zero attached hydrogens (tertiary/aromatic N) is 1. The topological polar surface area (TPSA) is 112 Å². The molecule has 1 fully saturated rings. The van der Waals surface area contributed by atoms with Gasteiger partial charge in [0.15, 0.2) is 0 Å². The molecule has 7 nitrogen and oxygen atoms in total. The first-order valence-electron chi connectivity index (χ1n) is 10.1. The number of primary amides is 1. The van der Waals surface area contributed by atoms with Crippen molar-refractivity contribution in [3.63, 3.8) is 0 Å². The molecule has 0 atom stereocenters. The Balaban J connectivity index is 1.73. The normalized spacial score (nSPS) is 13.6. The smallest absolute Gasteiger partial charge is 0.411 e. The fourth-order valence-electron chi connectivity index (χ4n) is 3.66. The summed E-state index contributed by atoms with van der Waals surface area (Å²) in [5.41, 5.74) is 16.6. The van der Waals surface area contributed by atoms with Crippen molar-refractivity contribution in [2.45, 2.75) is 39.3 Å². The Morgan fingerprint density at radius 1 is 1.17 bits per heavy atom. The summed E-state index contributed by atoms with van der Waals surface area (Å²) in [4.78, 5) is 23.5. The third kappa shape index (κ3) is 3.96. The molecule has 156 valence electrons. The van der Waals surface area contributed by atoms with Crippen LogP contribution < -0.4 is 16.8 Å². The molecular formula is C23H26N4O3. The molecule has 4 rings (SSSR count). The van der Waals surface area contributed by atoms with E-state index in [1.165, 1.54) is 12.8 Å². The summed E-state index contributed by atoms with van der Waals surface area (Å²) in [6, 6.07) is 12.9. The van der Waals surface area contributed by atoms with Gasteiger partial charge in [-0.1, -0.05) is 12.1 Å². The van der Waals surface area contributed by atoms with Gasteiger partial charge in [0.05, 0.1) is 23.0 Å². The van der Waals surface area contributed by atoms with Crippen molar-refractivity contribution in [2.75, 3.05) is 11.1 Å². The lowest BCUT2D eigenvalue weighted by Gasteiger charge is -2.13. The Morgan fingerprint density at radius 3 is 2.47 bits per heavy atom. The monoisotopic (exact) mass is 406 g/mol. The Hall–Kier alpha value is -3.48. The molecule has 1 aliphatic rings. The molecule has 0 radical (unpaired) electrons. The highest BCUT2D eigenvalue weighted by Crippen LogP contribution is 2.40. The van der Waals surface area contributed by atoms with Gasteiger partial charge in [-0.05, 0) is 62.9 Å². The van der Waals surface area contributed by atoms with Crippen molar-refractivity contribution in [3.05, 3.63) is 48.0 Å². The number of carbonyl (C=O) groups is 2. The van der Waals surface area contributed by atoms with E-state index in [0.29, 0.717) is 22.9 Å². The molecule has 0 bridgehead atoms. The van der Waals surface area contributed by atoms with Crippen molar-refractivity contribution < 1.29 is 14.3 Å². The lowest BCUT2D eigenvalue weighted by atomic mass is 10.1. The number of amides is 2. The van der Waals surface area contributed by atoms with Crippen molar-refractivity contribution in [3.8, 4) is 11.3 Å². The van der Waals surface area contributed by atoms with Crippen molar-refractivity contribution in [2.24, 2.45) is 11.7 Å². The maximum absolute atomic E-state index is 11.8. The number of anilines is 2. The van der Waals surface area contributed by atoms with Crippen LogP contribution in [0.15, 0.2) is 42.5 Å². The number of nitrogen functional groups attached to an aromatic ring is 1. The highest BCUT2D eigenvalue weighted by molar-refractivity contribution is 6.04. The number of rotatable bonds is 6. The lowest BCUT2D eigenvalue weighted by molar-refractivity contribution is 0.1000. The number of benzene rings is 2. The molecule has 3 aromatic rings. The Labute approximate surface area is 175 Å². The average Bonchev–Trinajstić information content (AvgIpc) is 3.47.